The van der Waals surface area contributed by atoms with Gasteiger partial charge in [0.05, 0.1) is 6.20 Å². The summed E-state index contributed by atoms with van der Waals surface area (Å²) in [7, 11) is 1.93. The lowest BCUT2D eigenvalue weighted by Crippen LogP contribution is -2.53. The van der Waals surface area contributed by atoms with Crippen LogP contribution in [0.4, 0.5) is 8.78 Å². The van der Waals surface area contributed by atoms with Crippen molar-refractivity contribution in [2.45, 2.75) is 39.2 Å². The summed E-state index contributed by atoms with van der Waals surface area (Å²) >= 11 is 0. The number of aryl methyl sites for hydroxylation is 2. The smallest absolute Gasteiger partial charge is 0.194 e. The van der Waals surface area contributed by atoms with Crippen LogP contribution in [0.1, 0.15) is 43.9 Å². The maximum Gasteiger partial charge on any atom is 0.194 e. The van der Waals surface area contributed by atoms with E-state index in [4.69, 9.17) is 4.99 Å². The Bertz CT molecular complexity index is 864. The number of aliphatic imine (C=N–C) groups is 1. The number of hydrogen-bond donors (Lipinski definition) is 1. The van der Waals surface area contributed by atoms with Crippen LogP contribution in [0.15, 0.2) is 35.6 Å². The number of nitrogens with one attached hydrogen (secondary N) is 1. The molecule has 6 nitrogen and oxygen atoms in total. The molecule has 1 aromatic heterocycles. The molecule has 1 aromatic carbocycles. The third-order valence-corrected chi connectivity index (χ3v) is 5.74. The van der Waals surface area contributed by atoms with Crippen LogP contribution in [0.5, 0.6) is 0 Å². The fraction of sp³-hybridized carbons (Fsp3) is 0.565. The van der Waals surface area contributed by atoms with E-state index < -0.39 is 11.6 Å². The van der Waals surface area contributed by atoms with Gasteiger partial charge < -0.3 is 10.2 Å². The molecule has 0 amide bonds. The van der Waals surface area contributed by atoms with Crippen molar-refractivity contribution in [1.82, 2.24) is 24.9 Å². The van der Waals surface area contributed by atoms with Gasteiger partial charge in [0.15, 0.2) is 5.96 Å². The molecule has 3 rings (SSSR count). The minimum atomic E-state index is -0.532. The van der Waals surface area contributed by atoms with Gasteiger partial charge in [-0.3, -0.25) is 14.6 Å². The summed E-state index contributed by atoms with van der Waals surface area (Å²) in [4.78, 5) is 9.38. The molecule has 0 spiro atoms. The highest BCUT2D eigenvalue weighted by atomic mass is 127. The molecule has 0 saturated carbocycles. The van der Waals surface area contributed by atoms with Crippen molar-refractivity contribution in [3.05, 3.63) is 53.4 Å². The monoisotopic (exact) mass is 560 g/mol. The van der Waals surface area contributed by atoms with Crippen LogP contribution in [0.2, 0.25) is 0 Å². The molecule has 0 bridgehead atoms. The maximum absolute atomic E-state index is 14.3. The lowest BCUT2D eigenvalue weighted by atomic mass is 10.0. The van der Waals surface area contributed by atoms with E-state index in [0.29, 0.717) is 5.56 Å². The number of aromatic nitrogens is 2. The van der Waals surface area contributed by atoms with E-state index in [1.165, 1.54) is 11.6 Å². The number of piperazine rings is 1. The predicted molar refractivity (Wildman–Crippen MR) is 135 cm³/mol. The first kappa shape index (κ1) is 26.5. The highest BCUT2D eigenvalue weighted by Gasteiger charge is 2.27. The maximum atomic E-state index is 14.3. The first-order chi connectivity index (χ1) is 15.0. The Hall–Kier alpha value is -1.75. The van der Waals surface area contributed by atoms with E-state index in [-0.39, 0.29) is 30.0 Å². The Kier molecular flexibility index (Phi) is 10.8. The molecule has 9 heteroatoms. The predicted octanol–water partition coefficient (Wildman–Crippen LogP) is 3.98. The Labute approximate surface area is 207 Å². The molecule has 178 valence electrons. The lowest BCUT2D eigenvalue weighted by molar-refractivity contribution is 0.124. The largest absolute Gasteiger partial charge is 0.357 e. The van der Waals surface area contributed by atoms with Crippen molar-refractivity contribution in [1.29, 1.82) is 0 Å². The highest BCUT2D eigenvalue weighted by Crippen LogP contribution is 2.28. The van der Waals surface area contributed by atoms with Crippen LogP contribution < -0.4 is 5.32 Å². The summed E-state index contributed by atoms with van der Waals surface area (Å²) in [5, 5.41) is 7.61. The molecular weight excluding hydrogens is 525 g/mol. The zero-order valence-electron chi connectivity index (χ0n) is 19.2. The van der Waals surface area contributed by atoms with E-state index in [1.807, 2.05) is 31.0 Å². The van der Waals surface area contributed by atoms with Gasteiger partial charge in [0, 0.05) is 70.2 Å². The summed E-state index contributed by atoms with van der Waals surface area (Å²) in [6.45, 7) is 8.99. The zero-order valence-corrected chi connectivity index (χ0v) is 21.6. The Morgan fingerprint density at radius 1 is 1.19 bits per heavy atom. The normalized spacial score (nSPS) is 16.0. The minimum Gasteiger partial charge on any atom is -0.357 e. The average Bonchev–Trinajstić information content (AvgIpc) is 3.18. The number of hydrogen-bond acceptors (Lipinski definition) is 3. The van der Waals surface area contributed by atoms with Crippen molar-refractivity contribution in [3.8, 4) is 0 Å². The highest BCUT2D eigenvalue weighted by molar-refractivity contribution is 14.0. The molecule has 0 aliphatic carbocycles. The summed E-state index contributed by atoms with van der Waals surface area (Å²) in [6, 6.07) is 3.87. The molecule has 2 aromatic rings. The number of nitrogens with zero attached hydrogens (tertiary/aromatic N) is 5. The summed E-state index contributed by atoms with van der Waals surface area (Å²) in [6.07, 6.45) is 6.67. The van der Waals surface area contributed by atoms with Gasteiger partial charge in [-0.25, -0.2) is 8.78 Å². The van der Waals surface area contributed by atoms with Crippen LogP contribution in [-0.2, 0) is 13.5 Å². The van der Waals surface area contributed by atoms with Crippen molar-refractivity contribution < 1.29 is 8.78 Å². The molecule has 0 radical (unpaired) electrons. The van der Waals surface area contributed by atoms with E-state index >= 15 is 0 Å². The zero-order chi connectivity index (χ0) is 22.2. The van der Waals surface area contributed by atoms with Crippen molar-refractivity contribution >= 4 is 29.9 Å². The van der Waals surface area contributed by atoms with Crippen LogP contribution in [0.25, 0.3) is 0 Å². The summed E-state index contributed by atoms with van der Waals surface area (Å²) in [5.74, 6) is -0.0527. The summed E-state index contributed by atoms with van der Waals surface area (Å²) < 4.78 is 29.5. The van der Waals surface area contributed by atoms with Crippen LogP contribution in [-0.4, -0.2) is 64.8 Å². The SMILES string of the molecule is CCNC(=NCCCc1cnn(C)c1)N1CCN(C(CC)c2ccc(F)cc2F)CC1.I. The molecule has 1 aliphatic heterocycles. The first-order valence-corrected chi connectivity index (χ1v) is 11.2. The van der Waals surface area contributed by atoms with Gasteiger partial charge in [-0.1, -0.05) is 13.0 Å². The van der Waals surface area contributed by atoms with E-state index in [2.05, 4.69) is 27.1 Å². The van der Waals surface area contributed by atoms with Gasteiger partial charge in [-0.2, -0.15) is 5.10 Å². The van der Waals surface area contributed by atoms with E-state index in [1.54, 1.807) is 6.07 Å². The third kappa shape index (κ3) is 7.13. The number of rotatable bonds is 8. The van der Waals surface area contributed by atoms with Gasteiger partial charge in [0.1, 0.15) is 11.6 Å². The number of benzene rings is 1. The Morgan fingerprint density at radius 3 is 2.53 bits per heavy atom. The summed E-state index contributed by atoms with van der Waals surface area (Å²) in [5.41, 5.74) is 1.81. The van der Waals surface area contributed by atoms with Crippen molar-refractivity contribution in [3.63, 3.8) is 0 Å². The molecule has 1 aliphatic rings. The third-order valence-electron chi connectivity index (χ3n) is 5.74. The van der Waals surface area contributed by atoms with E-state index in [9.17, 15) is 8.78 Å². The second-order valence-corrected chi connectivity index (χ2v) is 7.97. The molecule has 1 N–H and O–H groups in total. The average molecular weight is 560 g/mol. The minimum absolute atomic E-state index is 0. The molecule has 1 atom stereocenters. The van der Waals surface area contributed by atoms with Crippen molar-refractivity contribution in [2.24, 2.45) is 12.0 Å². The van der Waals surface area contributed by atoms with Gasteiger partial charge >= 0.3 is 0 Å². The van der Waals surface area contributed by atoms with E-state index in [0.717, 1.165) is 70.6 Å². The van der Waals surface area contributed by atoms with Crippen LogP contribution >= 0.6 is 24.0 Å². The molecule has 1 fully saturated rings. The Balaban J connectivity index is 0.00000363. The molecule has 2 heterocycles. The molecule has 1 saturated heterocycles. The molecule has 1 unspecified atom stereocenters. The lowest BCUT2D eigenvalue weighted by Gasteiger charge is -2.40. The van der Waals surface area contributed by atoms with Crippen LogP contribution in [0.3, 0.4) is 0 Å². The standard InChI is InChI=1S/C23H34F2N6.HI/c1-4-22(20-9-8-19(24)15-21(20)25)30-11-13-31(14-12-30)23(26-5-2)27-10-6-7-18-16-28-29(3)17-18;/h8-9,15-17,22H,4-7,10-14H2,1-3H3,(H,26,27);1H. The molecule has 32 heavy (non-hydrogen) atoms. The van der Waals surface area contributed by atoms with Crippen molar-refractivity contribution in [2.75, 3.05) is 39.3 Å². The molecular formula is C23H35F2IN6. The first-order valence-electron chi connectivity index (χ1n) is 11.2. The van der Waals surface area contributed by atoms with Gasteiger partial charge in [-0.15, -0.1) is 24.0 Å². The second kappa shape index (κ2) is 13.1. The fourth-order valence-corrected chi connectivity index (χ4v) is 4.19. The second-order valence-electron chi connectivity index (χ2n) is 7.97. The van der Waals surface area contributed by atoms with Gasteiger partial charge in [0.25, 0.3) is 0 Å². The van der Waals surface area contributed by atoms with Gasteiger partial charge in [-0.05, 0) is 37.8 Å². The fourth-order valence-electron chi connectivity index (χ4n) is 4.19. The number of guanidine groups is 1. The number of halogens is 3. The Morgan fingerprint density at radius 2 is 1.94 bits per heavy atom. The van der Waals surface area contributed by atoms with Crippen LogP contribution in [0, 0.1) is 11.6 Å². The topological polar surface area (TPSA) is 48.7 Å². The van der Waals surface area contributed by atoms with Gasteiger partial charge in [0.2, 0.25) is 0 Å². The quantitative estimate of drug-likeness (QED) is 0.230.